The second-order valence-corrected chi connectivity index (χ2v) is 12.7. The first-order chi connectivity index (χ1) is 29.1. The van der Waals surface area contributed by atoms with Crippen LogP contribution in [0.3, 0.4) is 0 Å². The Morgan fingerprint density at radius 1 is 0.365 bits per heavy atom. The largest absolute Gasteiger partial charge is 0.456 e. The van der Waals surface area contributed by atoms with Gasteiger partial charge < -0.3 is 9.32 Å². The summed E-state index contributed by atoms with van der Waals surface area (Å²) >= 11 is 0. The number of hydrogen-bond donors (Lipinski definition) is 0. The van der Waals surface area contributed by atoms with Gasteiger partial charge in [0.2, 0.25) is 0 Å². The van der Waals surface area contributed by atoms with Crippen LogP contribution in [-0.2, 0) is 0 Å². The molecule has 0 unspecified atom stereocenters. The highest BCUT2D eigenvalue weighted by atomic mass is 16.3. The van der Waals surface area contributed by atoms with Crippen molar-refractivity contribution in [2.75, 3.05) is 4.90 Å². The van der Waals surface area contributed by atoms with Gasteiger partial charge in [-0.3, -0.25) is 0 Å². The number of nitrogens with zero attached hydrogens (tertiary/aromatic N) is 1. The fourth-order valence-electron chi connectivity index (χ4n) is 7.16. The van der Waals surface area contributed by atoms with Crippen LogP contribution in [0, 0.1) is 0 Å². The standard InChI is InChI=1S/C50H33NO/c1-3-14-42-36(10-1)12-7-17-44(42)38-24-22-34(23-25-38)35-26-30-40(31-27-35)51(47-19-9-21-49-50(47)46-16-5-6-20-48(46)52-49)41-32-28-39(29-33-41)45-18-8-13-37-11-2-4-15-43(37)45/h1-33H/i22D,23D,24D,25D,26D,27D,30D,31D. The minimum Gasteiger partial charge on any atom is -0.456 e. The molecule has 0 radical (unpaired) electrons. The van der Waals surface area contributed by atoms with Crippen molar-refractivity contribution in [3.63, 3.8) is 0 Å². The lowest BCUT2D eigenvalue weighted by molar-refractivity contribution is 0.669. The fraction of sp³-hybridized carbons (Fsp3) is 0. The van der Waals surface area contributed by atoms with E-state index in [-0.39, 0.29) is 34.5 Å². The summed E-state index contributed by atoms with van der Waals surface area (Å²) in [6.45, 7) is 0. The number of fused-ring (bicyclic) bond motifs is 5. The molecule has 52 heavy (non-hydrogen) atoms. The second kappa shape index (κ2) is 12.5. The average molecular weight is 672 g/mol. The number of para-hydroxylation sites is 1. The van der Waals surface area contributed by atoms with E-state index in [1.54, 1.807) is 17.0 Å². The lowest BCUT2D eigenvalue weighted by atomic mass is 9.96. The molecule has 0 amide bonds. The highest BCUT2D eigenvalue weighted by molar-refractivity contribution is 6.13. The van der Waals surface area contributed by atoms with Crippen molar-refractivity contribution in [2.45, 2.75) is 0 Å². The first-order valence-corrected chi connectivity index (χ1v) is 17.1. The van der Waals surface area contributed by atoms with Gasteiger partial charge in [0.25, 0.3) is 0 Å². The summed E-state index contributed by atoms with van der Waals surface area (Å²) in [7, 11) is 0. The van der Waals surface area contributed by atoms with E-state index >= 15 is 0 Å². The molecule has 244 valence electrons. The second-order valence-electron chi connectivity index (χ2n) is 12.7. The van der Waals surface area contributed by atoms with Gasteiger partial charge in [0, 0.05) is 16.8 Å². The minimum atomic E-state index is -0.494. The molecule has 0 N–H and O–H groups in total. The Balaban J connectivity index is 1.19. The number of anilines is 3. The third-order valence-electron chi connectivity index (χ3n) is 9.62. The van der Waals surface area contributed by atoms with E-state index in [1.807, 2.05) is 115 Å². The zero-order valence-electron chi connectivity index (χ0n) is 35.8. The van der Waals surface area contributed by atoms with Crippen LogP contribution < -0.4 is 4.90 Å². The van der Waals surface area contributed by atoms with E-state index in [0.717, 1.165) is 43.4 Å². The Hall–Kier alpha value is -6.90. The molecule has 0 spiro atoms. The van der Waals surface area contributed by atoms with Gasteiger partial charge in [0.15, 0.2) is 0 Å². The maximum atomic E-state index is 9.60. The third-order valence-corrected chi connectivity index (χ3v) is 9.62. The van der Waals surface area contributed by atoms with Crippen LogP contribution in [0.5, 0.6) is 0 Å². The molecular weight excluding hydrogens is 631 g/mol. The van der Waals surface area contributed by atoms with Gasteiger partial charge in [-0.1, -0.05) is 158 Å². The maximum Gasteiger partial charge on any atom is 0.137 e. The predicted molar refractivity (Wildman–Crippen MR) is 220 cm³/mol. The smallest absolute Gasteiger partial charge is 0.137 e. The van der Waals surface area contributed by atoms with Crippen LogP contribution in [0.15, 0.2) is 204 Å². The summed E-state index contributed by atoms with van der Waals surface area (Å²) < 4.78 is 81.0. The molecule has 0 saturated heterocycles. The summed E-state index contributed by atoms with van der Waals surface area (Å²) in [6.07, 6.45) is 0. The fourth-order valence-corrected chi connectivity index (χ4v) is 7.16. The molecule has 2 heteroatoms. The molecule has 1 aromatic heterocycles. The number of furan rings is 1. The topological polar surface area (TPSA) is 16.4 Å². The van der Waals surface area contributed by atoms with Gasteiger partial charge >= 0.3 is 0 Å². The van der Waals surface area contributed by atoms with E-state index < -0.39 is 36.3 Å². The molecule has 9 aromatic carbocycles. The quantitative estimate of drug-likeness (QED) is 0.175. The lowest BCUT2D eigenvalue weighted by Crippen LogP contribution is -2.10. The van der Waals surface area contributed by atoms with Crippen molar-refractivity contribution < 1.29 is 15.4 Å². The Morgan fingerprint density at radius 3 is 1.54 bits per heavy atom. The Morgan fingerprint density at radius 2 is 0.865 bits per heavy atom. The van der Waals surface area contributed by atoms with E-state index in [2.05, 4.69) is 24.3 Å². The van der Waals surface area contributed by atoms with Gasteiger partial charge in [0.1, 0.15) is 11.2 Å². The van der Waals surface area contributed by atoms with Gasteiger partial charge in [-0.2, -0.15) is 0 Å². The van der Waals surface area contributed by atoms with Gasteiger partial charge in [-0.25, -0.2) is 0 Å². The van der Waals surface area contributed by atoms with Crippen molar-refractivity contribution in [1.82, 2.24) is 0 Å². The van der Waals surface area contributed by atoms with E-state index in [1.165, 1.54) is 0 Å². The van der Waals surface area contributed by atoms with Gasteiger partial charge in [0.05, 0.1) is 22.0 Å². The van der Waals surface area contributed by atoms with E-state index in [9.17, 15) is 8.22 Å². The lowest BCUT2D eigenvalue weighted by Gasteiger charge is -2.26. The summed E-state index contributed by atoms with van der Waals surface area (Å²) in [5.41, 5.74) is 4.30. The molecule has 0 bridgehead atoms. The van der Waals surface area contributed by atoms with E-state index in [0.29, 0.717) is 28.1 Å². The summed E-state index contributed by atoms with van der Waals surface area (Å²) in [6, 6.07) is 44.8. The van der Waals surface area contributed by atoms with E-state index in [4.69, 9.17) is 7.16 Å². The monoisotopic (exact) mass is 671 g/mol. The predicted octanol–water partition coefficient (Wildman–Crippen LogP) is 14.4. The molecular formula is C50H33NO. The average Bonchev–Trinajstić information content (AvgIpc) is 3.67. The van der Waals surface area contributed by atoms with Gasteiger partial charge in [-0.05, 0) is 97.3 Å². The number of rotatable bonds is 6. The number of hydrogen-bond acceptors (Lipinski definition) is 2. The first kappa shape index (κ1) is 22.7. The van der Waals surface area contributed by atoms with Crippen molar-refractivity contribution >= 4 is 60.5 Å². The Bertz CT molecular complexity index is 3310. The molecule has 10 rings (SSSR count). The van der Waals surface area contributed by atoms with Crippen LogP contribution in [0.4, 0.5) is 17.1 Å². The molecule has 0 aliphatic carbocycles. The first-order valence-electron chi connectivity index (χ1n) is 21.1. The Kier molecular flexibility index (Phi) is 5.45. The van der Waals surface area contributed by atoms with Gasteiger partial charge in [-0.15, -0.1) is 0 Å². The molecule has 1 heterocycles. The van der Waals surface area contributed by atoms with Crippen LogP contribution in [0.2, 0.25) is 0 Å². The minimum absolute atomic E-state index is 0.0490. The zero-order chi connectivity index (χ0) is 41.4. The Labute approximate surface area is 313 Å². The molecule has 2 nitrogen and oxygen atoms in total. The molecule has 0 saturated carbocycles. The third kappa shape index (κ3) is 5.12. The molecule has 0 aliphatic rings. The summed E-state index contributed by atoms with van der Waals surface area (Å²) in [5.74, 6) is 0. The number of benzene rings is 9. The van der Waals surface area contributed by atoms with Crippen molar-refractivity contribution in [3.8, 4) is 33.4 Å². The van der Waals surface area contributed by atoms with Crippen molar-refractivity contribution in [1.29, 1.82) is 0 Å². The summed E-state index contributed by atoms with van der Waals surface area (Å²) in [5, 5.41) is 5.35. The van der Waals surface area contributed by atoms with Crippen LogP contribution in [0.25, 0.3) is 76.9 Å². The van der Waals surface area contributed by atoms with Crippen LogP contribution in [-0.4, -0.2) is 0 Å². The maximum absolute atomic E-state index is 9.60. The van der Waals surface area contributed by atoms with Crippen LogP contribution >= 0.6 is 0 Å². The van der Waals surface area contributed by atoms with Crippen molar-refractivity contribution in [2.24, 2.45) is 0 Å². The highest BCUT2D eigenvalue weighted by Crippen LogP contribution is 2.44. The molecule has 0 fully saturated rings. The normalized spacial score (nSPS) is 13.6. The van der Waals surface area contributed by atoms with Crippen LogP contribution in [0.1, 0.15) is 11.0 Å². The SMILES string of the molecule is [2H]c1c([2H])c(-c2cccc3ccccc23)c([2H])c([2H])c1-c1c([2H])c([2H])c(N(c2ccc(-c3cccc4ccccc34)cc2)c2cccc3oc4ccccc4c23)c([2H])c1[2H]. The van der Waals surface area contributed by atoms with Crippen molar-refractivity contribution in [3.05, 3.63) is 200 Å². The highest BCUT2D eigenvalue weighted by Gasteiger charge is 2.19. The molecule has 10 aromatic rings. The molecule has 0 aliphatic heterocycles. The molecule has 0 atom stereocenters. The summed E-state index contributed by atoms with van der Waals surface area (Å²) in [4.78, 5) is 1.71. The zero-order valence-corrected chi connectivity index (χ0v) is 27.8.